The van der Waals surface area contributed by atoms with Crippen LogP contribution in [0.15, 0.2) is 11.5 Å². The molecule has 5 heteroatoms. The van der Waals surface area contributed by atoms with Crippen LogP contribution in [0.4, 0.5) is 5.13 Å². The second kappa shape index (κ2) is 4.93. The van der Waals surface area contributed by atoms with E-state index in [9.17, 15) is 4.79 Å². The molecule has 0 aliphatic heterocycles. The first kappa shape index (κ1) is 11.7. The van der Waals surface area contributed by atoms with E-state index < -0.39 is 0 Å². The molecule has 0 fully saturated rings. The van der Waals surface area contributed by atoms with Gasteiger partial charge in [-0.15, -0.1) is 11.3 Å². The summed E-state index contributed by atoms with van der Waals surface area (Å²) in [6.07, 6.45) is 1.54. The maximum atomic E-state index is 11.6. The zero-order valence-electron chi connectivity index (χ0n) is 8.98. The fourth-order valence-electron chi connectivity index (χ4n) is 1.06. The highest BCUT2D eigenvalue weighted by atomic mass is 32.1. The highest BCUT2D eigenvalue weighted by molar-refractivity contribution is 7.13. The summed E-state index contributed by atoms with van der Waals surface area (Å²) in [5, 5.41) is 2.19. The van der Waals surface area contributed by atoms with Crippen LogP contribution in [0.25, 0.3) is 5.57 Å². The number of allylic oxidation sites excluding steroid dienone is 1. The number of carbonyl (C=O) groups excluding carboxylic acids is 1. The third-order valence-electron chi connectivity index (χ3n) is 1.65. The fraction of sp³-hybridized carbons (Fsp3) is 0.400. The van der Waals surface area contributed by atoms with Crippen molar-refractivity contribution in [3.05, 3.63) is 17.2 Å². The van der Waals surface area contributed by atoms with Gasteiger partial charge in [-0.05, 0) is 20.8 Å². The summed E-state index contributed by atoms with van der Waals surface area (Å²) >= 11 is 1.30. The summed E-state index contributed by atoms with van der Waals surface area (Å²) < 4.78 is 5.08. The number of carbonyl (C=O) groups is 1. The number of hydrogen-bond donors (Lipinski definition) is 1. The minimum absolute atomic E-state index is 0.136. The third kappa shape index (κ3) is 3.06. The van der Waals surface area contributed by atoms with Crippen molar-refractivity contribution in [1.29, 1.82) is 0 Å². The van der Waals surface area contributed by atoms with Crippen molar-refractivity contribution in [2.45, 2.75) is 26.9 Å². The van der Waals surface area contributed by atoms with Crippen LogP contribution in [-0.4, -0.2) is 17.1 Å². The minimum atomic E-state index is -0.363. The molecular formula is C10H14N2O2S. The molecule has 1 rings (SSSR count). The predicted molar refractivity (Wildman–Crippen MR) is 61.4 cm³/mol. The van der Waals surface area contributed by atoms with Gasteiger partial charge in [-0.3, -0.25) is 0 Å². The zero-order valence-corrected chi connectivity index (χ0v) is 9.80. The van der Waals surface area contributed by atoms with Gasteiger partial charge in [0.1, 0.15) is 0 Å². The molecule has 0 spiro atoms. The quantitative estimate of drug-likeness (QED) is 0.633. The Morgan fingerprint density at radius 2 is 2.33 bits per heavy atom. The maximum Gasteiger partial charge on any atom is 0.340 e. The third-order valence-corrected chi connectivity index (χ3v) is 2.32. The molecule has 0 aromatic carbocycles. The molecule has 0 bridgehead atoms. The highest BCUT2D eigenvalue weighted by Crippen LogP contribution is 2.20. The molecule has 0 saturated heterocycles. The SMILES string of the molecule is CC=C(C(=O)OC(C)C)c1csc(N)n1. The van der Waals surface area contributed by atoms with Gasteiger partial charge in [-0.2, -0.15) is 0 Å². The first-order chi connectivity index (χ1) is 7.04. The van der Waals surface area contributed by atoms with E-state index in [1.807, 2.05) is 0 Å². The summed E-state index contributed by atoms with van der Waals surface area (Å²) in [5.74, 6) is -0.363. The van der Waals surface area contributed by atoms with E-state index in [1.165, 1.54) is 11.3 Å². The topological polar surface area (TPSA) is 65.2 Å². The number of ether oxygens (including phenoxy) is 1. The van der Waals surface area contributed by atoms with E-state index in [0.717, 1.165) is 0 Å². The van der Waals surface area contributed by atoms with E-state index in [4.69, 9.17) is 10.5 Å². The zero-order chi connectivity index (χ0) is 11.4. The van der Waals surface area contributed by atoms with Gasteiger partial charge >= 0.3 is 5.97 Å². The van der Waals surface area contributed by atoms with Gasteiger partial charge in [-0.25, -0.2) is 9.78 Å². The maximum absolute atomic E-state index is 11.6. The molecule has 1 aromatic rings. The lowest BCUT2D eigenvalue weighted by Gasteiger charge is -2.08. The van der Waals surface area contributed by atoms with E-state index in [0.29, 0.717) is 16.4 Å². The molecular weight excluding hydrogens is 212 g/mol. The van der Waals surface area contributed by atoms with Crippen molar-refractivity contribution >= 4 is 28.0 Å². The van der Waals surface area contributed by atoms with Gasteiger partial charge < -0.3 is 10.5 Å². The Morgan fingerprint density at radius 1 is 1.67 bits per heavy atom. The van der Waals surface area contributed by atoms with Gasteiger partial charge in [0.05, 0.1) is 17.4 Å². The van der Waals surface area contributed by atoms with Gasteiger partial charge in [0, 0.05) is 5.38 Å². The first-order valence-electron chi connectivity index (χ1n) is 4.63. The molecule has 1 heterocycles. The van der Waals surface area contributed by atoms with Crippen molar-refractivity contribution < 1.29 is 9.53 Å². The monoisotopic (exact) mass is 226 g/mol. The van der Waals surface area contributed by atoms with Crippen molar-refractivity contribution in [2.24, 2.45) is 0 Å². The molecule has 0 unspecified atom stereocenters. The van der Waals surface area contributed by atoms with E-state index in [1.54, 1.807) is 32.2 Å². The lowest BCUT2D eigenvalue weighted by atomic mass is 10.2. The lowest BCUT2D eigenvalue weighted by molar-refractivity contribution is -0.140. The molecule has 2 N–H and O–H groups in total. The molecule has 0 amide bonds. The molecule has 15 heavy (non-hydrogen) atoms. The second-order valence-corrected chi connectivity index (χ2v) is 4.12. The summed E-state index contributed by atoms with van der Waals surface area (Å²) in [7, 11) is 0. The summed E-state index contributed by atoms with van der Waals surface area (Å²) in [4.78, 5) is 15.7. The van der Waals surface area contributed by atoms with E-state index >= 15 is 0 Å². The van der Waals surface area contributed by atoms with Crippen molar-refractivity contribution in [3.63, 3.8) is 0 Å². The largest absolute Gasteiger partial charge is 0.459 e. The van der Waals surface area contributed by atoms with Crippen molar-refractivity contribution in [1.82, 2.24) is 4.98 Å². The summed E-state index contributed by atoms with van der Waals surface area (Å²) in [6, 6.07) is 0. The Bertz CT molecular complexity index is 383. The van der Waals surface area contributed by atoms with Crippen LogP contribution in [0.2, 0.25) is 0 Å². The number of nitrogens with zero attached hydrogens (tertiary/aromatic N) is 1. The minimum Gasteiger partial charge on any atom is -0.459 e. The van der Waals surface area contributed by atoms with Gasteiger partial charge in [0.15, 0.2) is 5.13 Å². The molecule has 0 aliphatic rings. The number of rotatable bonds is 3. The van der Waals surface area contributed by atoms with Crippen LogP contribution in [0.5, 0.6) is 0 Å². The van der Waals surface area contributed by atoms with Crippen molar-refractivity contribution in [3.8, 4) is 0 Å². The normalized spacial score (nSPS) is 11.9. The van der Waals surface area contributed by atoms with Gasteiger partial charge in [-0.1, -0.05) is 6.08 Å². The number of nitrogens with two attached hydrogens (primary N) is 1. The van der Waals surface area contributed by atoms with Gasteiger partial charge in [0.25, 0.3) is 0 Å². The molecule has 0 radical (unpaired) electrons. The number of hydrogen-bond acceptors (Lipinski definition) is 5. The summed E-state index contributed by atoms with van der Waals surface area (Å²) in [6.45, 7) is 5.38. The number of anilines is 1. The number of esters is 1. The van der Waals surface area contributed by atoms with Crippen molar-refractivity contribution in [2.75, 3.05) is 5.73 Å². The average Bonchev–Trinajstić information content (AvgIpc) is 2.51. The fourth-order valence-corrected chi connectivity index (χ4v) is 1.62. The first-order valence-corrected chi connectivity index (χ1v) is 5.51. The number of aromatic nitrogens is 1. The Hall–Kier alpha value is -1.36. The number of thiazole rings is 1. The van der Waals surface area contributed by atoms with E-state index in [-0.39, 0.29) is 12.1 Å². The Morgan fingerprint density at radius 3 is 2.73 bits per heavy atom. The van der Waals surface area contributed by atoms with Crippen LogP contribution in [-0.2, 0) is 9.53 Å². The molecule has 0 atom stereocenters. The van der Waals surface area contributed by atoms with Gasteiger partial charge in [0.2, 0.25) is 0 Å². The standard InChI is InChI=1S/C10H14N2O2S/c1-4-7(9(13)14-6(2)3)8-5-15-10(11)12-8/h4-6H,1-3H3,(H2,11,12). The molecule has 1 aromatic heterocycles. The Balaban J connectivity index is 2.86. The van der Waals surface area contributed by atoms with Crippen LogP contribution in [0, 0.1) is 0 Å². The summed E-state index contributed by atoms with van der Waals surface area (Å²) in [5.41, 5.74) is 6.53. The van der Waals surface area contributed by atoms with E-state index in [2.05, 4.69) is 4.98 Å². The lowest BCUT2D eigenvalue weighted by Crippen LogP contribution is -2.13. The molecule has 0 aliphatic carbocycles. The molecule has 4 nitrogen and oxygen atoms in total. The Labute approximate surface area is 92.8 Å². The van der Waals surface area contributed by atoms with Crippen LogP contribution >= 0.6 is 11.3 Å². The highest BCUT2D eigenvalue weighted by Gasteiger charge is 2.16. The second-order valence-electron chi connectivity index (χ2n) is 3.23. The molecule has 0 saturated carbocycles. The smallest absolute Gasteiger partial charge is 0.340 e. The van der Waals surface area contributed by atoms with Crippen LogP contribution < -0.4 is 5.73 Å². The predicted octanol–water partition coefficient (Wildman–Crippen LogP) is 2.08. The number of nitrogen functional groups attached to an aromatic ring is 1. The van der Waals surface area contributed by atoms with Crippen LogP contribution in [0.1, 0.15) is 26.5 Å². The average molecular weight is 226 g/mol. The molecule has 82 valence electrons. The Kier molecular flexibility index (Phi) is 3.85. The van der Waals surface area contributed by atoms with Crippen LogP contribution in [0.3, 0.4) is 0 Å².